The lowest BCUT2D eigenvalue weighted by molar-refractivity contribution is -0.127. The molecule has 0 spiro atoms. The second-order valence-corrected chi connectivity index (χ2v) is 6.53. The second-order valence-electron chi connectivity index (χ2n) is 6.53. The molecule has 0 saturated carbocycles. The van der Waals surface area contributed by atoms with E-state index in [1.165, 1.54) is 12.1 Å². The van der Waals surface area contributed by atoms with Crippen molar-refractivity contribution in [1.82, 2.24) is 15.5 Å². The lowest BCUT2D eigenvalue weighted by Crippen LogP contribution is -2.38. The van der Waals surface area contributed by atoms with Gasteiger partial charge in [-0.05, 0) is 56.9 Å². The number of carbonyl (C=O) groups is 1. The van der Waals surface area contributed by atoms with Gasteiger partial charge in [-0.3, -0.25) is 9.79 Å². The highest BCUT2D eigenvalue weighted by Gasteiger charge is 2.18. The van der Waals surface area contributed by atoms with Crippen LogP contribution < -0.4 is 15.4 Å². The fourth-order valence-electron chi connectivity index (χ4n) is 2.89. The summed E-state index contributed by atoms with van der Waals surface area (Å²) in [6.45, 7) is 6.64. The normalized spacial score (nSPS) is 14.5. The second kappa shape index (κ2) is 12.1. The fraction of sp³-hybridized carbons (Fsp3) is 0.600. The Hall–Kier alpha value is -2.31. The van der Waals surface area contributed by atoms with E-state index in [2.05, 4.69) is 15.6 Å². The van der Waals surface area contributed by atoms with Gasteiger partial charge in [-0.2, -0.15) is 0 Å². The highest BCUT2D eigenvalue weighted by Crippen LogP contribution is 2.11. The van der Waals surface area contributed by atoms with Gasteiger partial charge >= 0.3 is 0 Å². The van der Waals surface area contributed by atoms with Gasteiger partial charge in [0, 0.05) is 39.1 Å². The molecular weight excluding hydrogens is 347 g/mol. The summed E-state index contributed by atoms with van der Waals surface area (Å²) >= 11 is 0. The molecule has 6 nitrogen and oxygen atoms in total. The number of nitrogens with zero attached hydrogens (tertiary/aromatic N) is 2. The smallest absolute Gasteiger partial charge is 0.222 e. The fourth-order valence-corrected chi connectivity index (χ4v) is 2.89. The molecule has 2 rings (SSSR count). The van der Waals surface area contributed by atoms with Gasteiger partial charge in [0.05, 0.1) is 6.61 Å². The van der Waals surface area contributed by atoms with Crippen molar-refractivity contribution in [3.8, 4) is 5.75 Å². The predicted molar refractivity (Wildman–Crippen MR) is 106 cm³/mol. The van der Waals surface area contributed by atoms with Gasteiger partial charge < -0.3 is 20.3 Å². The first-order chi connectivity index (χ1) is 13.2. The number of hydrogen-bond acceptors (Lipinski definition) is 3. The van der Waals surface area contributed by atoms with Crippen LogP contribution in [0.5, 0.6) is 5.75 Å². The van der Waals surface area contributed by atoms with E-state index in [-0.39, 0.29) is 11.7 Å². The highest BCUT2D eigenvalue weighted by atomic mass is 19.1. The van der Waals surface area contributed by atoms with E-state index in [9.17, 15) is 9.18 Å². The molecule has 150 valence electrons. The Morgan fingerprint density at radius 3 is 2.74 bits per heavy atom. The largest absolute Gasteiger partial charge is 0.494 e. The van der Waals surface area contributed by atoms with Gasteiger partial charge in [0.15, 0.2) is 5.96 Å². The number of unbranched alkanes of at least 4 members (excludes halogenated alkanes) is 1. The Bertz CT molecular complexity index is 592. The number of aliphatic imine (C=N–C) groups is 1. The van der Waals surface area contributed by atoms with E-state index >= 15 is 0 Å². The summed E-state index contributed by atoms with van der Waals surface area (Å²) in [6.07, 6.45) is 4.41. The maximum absolute atomic E-state index is 12.8. The lowest BCUT2D eigenvalue weighted by Gasteiger charge is -2.15. The van der Waals surface area contributed by atoms with Gasteiger partial charge in [0.2, 0.25) is 5.91 Å². The zero-order valence-corrected chi connectivity index (χ0v) is 16.2. The average Bonchev–Trinajstić information content (AvgIpc) is 3.07. The van der Waals surface area contributed by atoms with E-state index in [0.29, 0.717) is 25.3 Å². The topological polar surface area (TPSA) is 66.0 Å². The third kappa shape index (κ3) is 8.28. The van der Waals surface area contributed by atoms with Crippen LogP contribution in [0, 0.1) is 5.82 Å². The zero-order chi connectivity index (χ0) is 19.3. The number of carbonyl (C=O) groups excluding carboxylic acids is 1. The van der Waals surface area contributed by atoms with Gasteiger partial charge in [-0.1, -0.05) is 0 Å². The summed E-state index contributed by atoms with van der Waals surface area (Å²) in [5.74, 6) is 1.51. The van der Waals surface area contributed by atoms with Crippen LogP contribution in [0.1, 0.15) is 39.0 Å². The molecule has 1 heterocycles. The first-order valence-corrected chi connectivity index (χ1v) is 9.87. The summed E-state index contributed by atoms with van der Waals surface area (Å²) in [6, 6.07) is 6.07. The van der Waals surface area contributed by atoms with Crippen molar-refractivity contribution in [1.29, 1.82) is 0 Å². The summed E-state index contributed by atoms with van der Waals surface area (Å²) in [4.78, 5) is 18.1. The minimum absolute atomic E-state index is 0.256. The van der Waals surface area contributed by atoms with Crippen molar-refractivity contribution in [2.75, 3.05) is 39.3 Å². The molecule has 1 aromatic rings. The number of likely N-dealkylation sites (tertiary alicyclic amines) is 1. The third-order valence-electron chi connectivity index (χ3n) is 4.32. The molecule has 1 aliphatic rings. The Kier molecular flexibility index (Phi) is 9.44. The molecule has 1 aliphatic heterocycles. The van der Waals surface area contributed by atoms with E-state index in [1.54, 1.807) is 12.1 Å². The summed E-state index contributed by atoms with van der Waals surface area (Å²) in [7, 11) is 0. The van der Waals surface area contributed by atoms with Gasteiger partial charge in [0.25, 0.3) is 0 Å². The monoisotopic (exact) mass is 378 g/mol. The molecule has 27 heavy (non-hydrogen) atoms. The summed E-state index contributed by atoms with van der Waals surface area (Å²) < 4.78 is 18.4. The van der Waals surface area contributed by atoms with Gasteiger partial charge in [-0.15, -0.1) is 0 Å². The molecule has 1 amide bonds. The molecule has 0 atom stereocenters. The molecule has 0 aromatic heterocycles. The number of ether oxygens (including phenoxy) is 1. The molecule has 0 radical (unpaired) electrons. The number of nitrogens with one attached hydrogen (secondary N) is 2. The molecule has 1 fully saturated rings. The summed E-state index contributed by atoms with van der Waals surface area (Å²) in [5, 5.41) is 6.55. The van der Waals surface area contributed by atoms with Crippen LogP contribution in [0.4, 0.5) is 4.39 Å². The van der Waals surface area contributed by atoms with Gasteiger partial charge in [0.1, 0.15) is 11.6 Å². The van der Waals surface area contributed by atoms with Crippen molar-refractivity contribution in [3.05, 3.63) is 30.1 Å². The number of hydrogen-bond donors (Lipinski definition) is 2. The standard InChI is InChI=1S/C20H31FN4O2/c1-2-22-20(24-13-6-15-25-14-5-7-19(25)26)23-12-3-4-16-27-18-10-8-17(21)9-11-18/h8-11H,2-7,12-16H2,1H3,(H2,22,23,24). The Labute approximate surface area is 161 Å². The van der Waals surface area contributed by atoms with E-state index in [4.69, 9.17) is 4.74 Å². The number of rotatable bonds is 11. The highest BCUT2D eigenvalue weighted by molar-refractivity contribution is 5.79. The van der Waals surface area contributed by atoms with Crippen LogP contribution >= 0.6 is 0 Å². The Morgan fingerprint density at radius 1 is 1.22 bits per heavy atom. The number of benzene rings is 1. The van der Waals surface area contributed by atoms with Crippen LogP contribution in [-0.2, 0) is 4.79 Å². The molecule has 2 N–H and O–H groups in total. The maximum atomic E-state index is 12.8. The van der Waals surface area contributed by atoms with E-state index in [0.717, 1.165) is 57.8 Å². The Balaban J connectivity index is 1.56. The zero-order valence-electron chi connectivity index (χ0n) is 16.2. The first-order valence-electron chi connectivity index (χ1n) is 9.87. The molecule has 0 bridgehead atoms. The molecule has 7 heteroatoms. The van der Waals surface area contributed by atoms with Gasteiger partial charge in [-0.25, -0.2) is 4.39 Å². The minimum atomic E-state index is -0.256. The van der Waals surface area contributed by atoms with Crippen LogP contribution in [0.25, 0.3) is 0 Å². The average molecular weight is 378 g/mol. The Morgan fingerprint density at radius 2 is 2.04 bits per heavy atom. The van der Waals surface area contributed by atoms with Crippen molar-refractivity contribution in [2.45, 2.75) is 39.0 Å². The van der Waals surface area contributed by atoms with Crippen molar-refractivity contribution >= 4 is 11.9 Å². The SMILES string of the molecule is CCNC(=NCCCN1CCCC1=O)NCCCCOc1ccc(F)cc1. The van der Waals surface area contributed by atoms with E-state index < -0.39 is 0 Å². The van der Waals surface area contributed by atoms with Crippen LogP contribution in [0.3, 0.4) is 0 Å². The maximum Gasteiger partial charge on any atom is 0.222 e. The molecule has 0 aliphatic carbocycles. The van der Waals surface area contributed by atoms with Crippen molar-refractivity contribution in [3.63, 3.8) is 0 Å². The number of halogens is 1. The third-order valence-corrected chi connectivity index (χ3v) is 4.32. The lowest BCUT2D eigenvalue weighted by atomic mass is 10.3. The van der Waals surface area contributed by atoms with Crippen LogP contribution in [0.15, 0.2) is 29.3 Å². The molecule has 0 unspecified atom stereocenters. The van der Waals surface area contributed by atoms with Crippen molar-refractivity contribution in [2.24, 2.45) is 4.99 Å². The molecule has 1 aromatic carbocycles. The minimum Gasteiger partial charge on any atom is -0.494 e. The number of amides is 1. The van der Waals surface area contributed by atoms with Crippen LogP contribution in [0.2, 0.25) is 0 Å². The van der Waals surface area contributed by atoms with E-state index in [1.807, 2.05) is 11.8 Å². The first kappa shape index (κ1) is 21.0. The molecular formula is C20H31FN4O2. The molecule has 1 saturated heterocycles. The number of guanidine groups is 1. The van der Waals surface area contributed by atoms with Crippen LogP contribution in [-0.4, -0.2) is 56.1 Å². The van der Waals surface area contributed by atoms with Crippen molar-refractivity contribution < 1.29 is 13.9 Å². The quantitative estimate of drug-likeness (QED) is 0.353. The predicted octanol–water partition coefficient (Wildman–Crippen LogP) is 2.55. The summed E-state index contributed by atoms with van der Waals surface area (Å²) in [5.41, 5.74) is 0.